The molecular weight excluding hydrogens is 282 g/mol. The van der Waals surface area contributed by atoms with E-state index in [1.54, 1.807) is 18.2 Å². The molecule has 0 radical (unpaired) electrons. The van der Waals surface area contributed by atoms with Crippen molar-refractivity contribution in [2.24, 2.45) is 0 Å². The van der Waals surface area contributed by atoms with E-state index in [1.807, 2.05) is 24.3 Å². The first-order valence-corrected chi connectivity index (χ1v) is 7.16. The molecule has 4 rings (SSSR count). The number of aromatic amines is 1. The maximum Gasteiger partial charge on any atom is 0.199 e. The van der Waals surface area contributed by atoms with Gasteiger partial charge in [0.2, 0.25) is 0 Å². The second-order valence-corrected chi connectivity index (χ2v) is 5.71. The van der Waals surface area contributed by atoms with Crippen molar-refractivity contribution in [2.45, 2.75) is 0 Å². The monoisotopic (exact) mass is 291 g/mol. The van der Waals surface area contributed by atoms with Crippen LogP contribution in [0.2, 0.25) is 0 Å². The maximum atomic E-state index is 10.2. The molecule has 100 valence electrons. The summed E-state index contributed by atoms with van der Waals surface area (Å²) >= 11 is 1.53. The van der Waals surface area contributed by atoms with E-state index < -0.39 is 0 Å². The Hall–Kier alpha value is -2.84. The van der Waals surface area contributed by atoms with Crippen LogP contribution in [0.1, 0.15) is 0 Å². The average molecular weight is 291 g/mol. The Morgan fingerprint density at radius 3 is 2.86 bits per heavy atom. The number of para-hydroxylation sites is 1. The summed E-state index contributed by atoms with van der Waals surface area (Å²) in [5, 5.41) is 11.8. The van der Waals surface area contributed by atoms with Gasteiger partial charge >= 0.3 is 0 Å². The zero-order valence-electron chi connectivity index (χ0n) is 10.8. The predicted molar refractivity (Wildman–Crippen MR) is 84.8 cm³/mol. The number of rotatable bonds is 1. The molecule has 0 unspecified atom stereocenters. The van der Waals surface area contributed by atoms with Crippen LogP contribution in [0.3, 0.4) is 0 Å². The van der Waals surface area contributed by atoms with Gasteiger partial charge in [-0.1, -0.05) is 18.2 Å². The second kappa shape index (κ2) is 4.33. The molecule has 4 aromatic rings. The van der Waals surface area contributed by atoms with E-state index in [-0.39, 0.29) is 5.88 Å². The zero-order chi connectivity index (χ0) is 14.4. The fraction of sp³-hybridized carbons (Fsp3) is 0. The van der Waals surface area contributed by atoms with Gasteiger partial charge < -0.3 is 10.1 Å². The topological polar surface area (TPSA) is 53.3 Å². The van der Waals surface area contributed by atoms with Crippen molar-refractivity contribution in [3.8, 4) is 16.5 Å². The van der Waals surface area contributed by atoms with E-state index in [4.69, 9.17) is 6.57 Å². The lowest BCUT2D eigenvalue weighted by atomic mass is 10.1. The number of aromatic nitrogens is 2. The van der Waals surface area contributed by atoms with Crippen molar-refractivity contribution in [1.29, 1.82) is 0 Å². The van der Waals surface area contributed by atoms with Crippen molar-refractivity contribution < 1.29 is 5.11 Å². The van der Waals surface area contributed by atoms with E-state index in [1.165, 1.54) is 11.3 Å². The Morgan fingerprint density at radius 1 is 1.19 bits per heavy atom. The highest BCUT2D eigenvalue weighted by atomic mass is 32.1. The third kappa shape index (κ3) is 1.77. The van der Waals surface area contributed by atoms with Crippen LogP contribution in [0.25, 0.3) is 36.5 Å². The van der Waals surface area contributed by atoms with Crippen LogP contribution in [0, 0.1) is 6.57 Å². The molecule has 5 heteroatoms. The summed E-state index contributed by atoms with van der Waals surface area (Å²) in [4.78, 5) is 11.0. The first-order chi connectivity index (χ1) is 10.3. The molecule has 2 heterocycles. The second-order valence-electron chi connectivity index (χ2n) is 4.68. The van der Waals surface area contributed by atoms with Gasteiger partial charge in [0.1, 0.15) is 5.01 Å². The summed E-state index contributed by atoms with van der Waals surface area (Å²) in [6.45, 7) is 7.13. The molecule has 2 aromatic heterocycles. The Bertz CT molecular complexity index is 990. The Kier molecular flexibility index (Phi) is 2.46. The lowest BCUT2D eigenvalue weighted by Crippen LogP contribution is -1.74. The van der Waals surface area contributed by atoms with Gasteiger partial charge in [-0.05, 0) is 24.3 Å². The first-order valence-electron chi connectivity index (χ1n) is 6.34. The molecule has 2 aromatic carbocycles. The fourth-order valence-electron chi connectivity index (χ4n) is 2.43. The summed E-state index contributed by atoms with van der Waals surface area (Å²) in [5.74, 6) is 0.0891. The summed E-state index contributed by atoms with van der Waals surface area (Å²) in [6, 6.07) is 13.2. The smallest absolute Gasteiger partial charge is 0.199 e. The molecule has 4 nitrogen and oxygen atoms in total. The summed E-state index contributed by atoms with van der Waals surface area (Å²) in [6.07, 6.45) is 0. The van der Waals surface area contributed by atoms with E-state index in [2.05, 4.69) is 14.8 Å². The molecule has 0 saturated carbocycles. The van der Waals surface area contributed by atoms with Crippen LogP contribution in [-0.4, -0.2) is 15.1 Å². The quantitative estimate of drug-likeness (QED) is 0.499. The van der Waals surface area contributed by atoms with Crippen molar-refractivity contribution >= 4 is 38.1 Å². The maximum absolute atomic E-state index is 10.2. The standard InChI is InChI=1S/C16H9N3OS/c1-17-9-6-7-11-10(8-9)14(15(20)18-11)16-19-12-4-2-3-5-13(12)21-16/h2-8,18,20H. The van der Waals surface area contributed by atoms with Crippen molar-refractivity contribution in [3.63, 3.8) is 0 Å². The molecule has 21 heavy (non-hydrogen) atoms. The Morgan fingerprint density at radius 2 is 2.05 bits per heavy atom. The number of benzene rings is 2. The van der Waals surface area contributed by atoms with E-state index in [0.29, 0.717) is 11.3 Å². The number of thiazole rings is 1. The van der Waals surface area contributed by atoms with Gasteiger partial charge in [0.15, 0.2) is 11.6 Å². The number of fused-ring (bicyclic) bond motifs is 2. The molecule has 0 aliphatic rings. The van der Waals surface area contributed by atoms with Crippen LogP contribution in [0.5, 0.6) is 5.88 Å². The van der Waals surface area contributed by atoms with Crippen LogP contribution >= 0.6 is 11.3 Å². The third-order valence-corrected chi connectivity index (χ3v) is 4.45. The minimum absolute atomic E-state index is 0.0891. The lowest BCUT2D eigenvalue weighted by Gasteiger charge is -1.95. The Labute approximate surface area is 124 Å². The number of nitrogens with one attached hydrogen (secondary N) is 1. The number of nitrogens with zero attached hydrogens (tertiary/aromatic N) is 2. The molecule has 0 aliphatic carbocycles. The Balaban J connectivity index is 2.04. The number of hydrogen-bond donors (Lipinski definition) is 2. The van der Waals surface area contributed by atoms with Gasteiger partial charge in [-0.15, -0.1) is 11.3 Å². The SMILES string of the molecule is [C-]#[N+]c1ccc2[nH]c(O)c(-c3nc4ccccc4s3)c2c1. The van der Waals surface area contributed by atoms with Crippen LogP contribution in [0.4, 0.5) is 5.69 Å². The van der Waals surface area contributed by atoms with E-state index in [0.717, 1.165) is 26.1 Å². The van der Waals surface area contributed by atoms with Crippen LogP contribution in [0.15, 0.2) is 42.5 Å². The largest absolute Gasteiger partial charge is 0.494 e. The van der Waals surface area contributed by atoms with Gasteiger partial charge in [-0.25, -0.2) is 9.83 Å². The molecule has 0 aliphatic heterocycles. The molecule has 0 bridgehead atoms. The fourth-order valence-corrected chi connectivity index (χ4v) is 3.46. The van der Waals surface area contributed by atoms with Gasteiger partial charge in [0.05, 0.1) is 22.4 Å². The molecule has 0 amide bonds. The molecular formula is C16H9N3OS. The van der Waals surface area contributed by atoms with E-state index >= 15 is 0 Å². The van der Waals surface area contributed by atoms with Gasteiger partial charge in [-0.3, -0.25) is 0 Å². The van der Waals surface area contributed by atoms with Gasteiger partial charge in [-0.2, -0.15) is 0 Å². The highest BCUT2D eigenvalue weighted by Crippen LogP contribution is 2.41. The average Bonchev–Trinajstić information content (AvgIpc) is 3.05. The van der Waals surface area contributed by atoms with Crippen molar-refractivity contribution in [2.75, 3.05) is 0 Å². The number of aromatic hydroxyl groups is 1. The van der Waals surface area contributed by atoms with Crippen LogP contribution < -0.4 is 0 Å². The van der Waals surface area contributed by atoms with Gasteiger partial charge in [0.25, 0.3) is 0 Å². The molecule has 0 atom stereocenters. The molecule has 0 saturated heterocycles. The van der Waals surface area contributed by atoms with Crippen molar-refractivity contribution in [3.05, 3.63) is 53.9 Å². The summed E-state index contributed by atoms with van der Waals surface area (Å²) in [7, 11) is 0. The predicted octanol–water partition coefficient (Wildman–Crippen LogP) is 4.70. The molecule has 0 spiro atoms. The summed E-state index contributed by atoms with van der Waals surface area (Å²) in [5.41, 5.74) is 2.92. The summed E-state index contributed by atoms with van der Waals surface area (Å²) < 4.78 is 1.07. The lowest BCUT2D eigenvalue weighted by molar-refractivity contribution is 0.460. The van der Waals surface area contributed by atoms with Crippen molar-refractivity contribution in [1.82, 2.24) is 9.97 Å². The molecule has 0 fully saturated rings. The minimum atomic E-state index is 0.0891. The normalized spacial score (nSPS) is 11.0. The highest BCUT2D eigenvalue weighted by Gasteiger charge is 2.17. The van der Waals surface area contributed by atoms with Crippen LogP contribution in [-0.2, 0) is 0 Å². The highest BCUT2D eigenvalue weighted by molar-refractivity contribution is 7.21. The number of H-pyrrole nitrogens is 1. The molecule has 2 N–H and O–H groups in total. The third-order valence-electron chi connectivity index (χ3n) is 3.40. The number of hydrogen-bond acceptors (Lipinski definition) is 3. The van der Waals surface area contributed by atoms with Gasteiger partial charge in [0, 0.05) is 10.9 Å². The van der Waals surface area contributed by atoms with E-state index in [9.17, 15) is 5.11 Å². The first kappa shape index (κ1) is 11.9. The minimum Gasteiger partial charge on any atom is -0.494 e. The zero-order valence-corrected chi connectivity index (χ0v) is 11.6.